The summed E-state index contributed by atoms with van der Waals surface area (Å²) in [6.07, 6.45) is 1.04. The van der Waals surface area contributed by atoms with Crippen molar-refractivity contribution in [2.75, 3.05) is 18.4 Å². The summed E-state index contributed by atoms with van der Waals surface area (Å²) in [4.78, 5) is 12.9. The summed E-state index contributed by atoms with van der Waals surface area (Å²) >= 11 is 0. The SMILES string of the molecule is Cc1cc(C)c(NC(=O)c2ccc(S(=O)(=O)N3C[C@H](C)C[C@H](C)C3)cc2)c(C)c1. The van der Waals surface area contributed by atoms with Gasteiger partial charge in [-0.3, -0.25) is 4.79 Å². The number of nitrogens with one attached hydrogen (secondary N) is 1. The molecule has 2 aromatic carbocycles. The minimum atomic E-state index is -3.55. The van der Waals surface area contributed by atoms with Crippen molar-refractivity contribution in [1.29, 1.82) is 0 Å². The maximum atomic E-state index is 13.0. The molecule has 2 atom stereocenters. The van der Waals surface area contributed by atoms with E-state index in [4.69, 9.17) is 0 Å². The Morgan fingerprint density at radius 2 is 1.48 bits per heavy atom. The molecule has 29 heavy (non-hydrogen) atoms. The smallest absolute Gasteiger partial charge is 0.255 e. The zero-order chi connectivity index (χ0) is 21.3. The van der Waals surface area contributed by atoms with Gasteiger partial charge in [0.25, 0.3) is 5.91 Å². The van der Waals surface area contributed by atoms with Gasteiger partial charge in [-0.2, -0.15) is 4.31 Å². The average Bonchev–Trinajstić information content (AvgIpc) is 2.63. The lowest BCUT2D eigenvalue weighted by atomic mass is 9.94. The molecule has 0 radical (unpaired) electrons. The van der Waals surface area contributed by atoms with Crippen LogP contribution < -0.4 is 5.32 Å². The predicted octanol–water partition coefficient (Wildman–Crippen LogP) is 4.53. The monoisotopic (exact) mass is 414 g/mol. The second-order valence-corrected chi connectivity index (χ2v) is 10.5. The van der Waals surface area contributed by atoms with Crippen LogP contribution in [0.15, 0.2) is 41.3 Å². The molecule has 0 aromatic heterocycles. The first-order chi connectivity index (χ1) is 13.6. The van der Waals surface area contributed by atoms with Crippen LogP contribution in [0.4, 0.5) is 5.69 Å². The number of aryl methyl sites for hydroxylation is 3. The van der Waals surface area contributed by atoms with E-state index in [2.05, 4.69) is 19.2 Å². The summed E-state index contributed by atoms with van der Waals surface area (Å²) in [5.74, 6) is 0.448. The van der Waals surface area contributed by atoms with Gasteiger partial charge in [0.05, 0.1) is 4.90 Å². The van der Waals surface area contributed by atoms with Crippen molar-refractivity contribution in [2.45, 2.75) is 45.9 Å². The standard InChI is InChI=1S/C23H30N2O3S/c1-15-11-18(4)22(19(5)12-15)24-23(26)20-6-8-21(9-7-20)29(27,28)25-13-16(2)10-17(3)14-25/h6-9,11-12,16-17H,10,13-14H2,1-5H3,(H,24,26)/t16-,17+. The number of nitrogens with zero attached hydrogens (tertiary/aromatic N) is 1. The molecule has 3 rings (SSSR count). The largest absolute Gasteiger partial charge is 0.322 e. The van der Waals surface area contributed by atoms with Crippen LogP contribution >= 0.6 is 0 Å². The van der Waals surface area contributed by atoms with Crippen LogP contribution in [-0.2, 0) is 10.0 Å². The van der Waals surface area contributed by atoms with Crippen LogP contribution in [0.3, 0.4) is 0 Å². The molecule has 1 fully saturated rings. The van der Waals surface area contributed by atoms with Crippen molar-refractivity contribution in [3.63, 3.8) is 0 Å². The van der Waals surface area contributed by atoms with Crippen LogP contribution in [0.25, 0.3) is 0 Å². The highest BCUT2D eigenvalue weighted by Crippen LogP contribution is 2.27. The Balaban J connectivity index is 1.78. The molecule has 1 aliphatic heterocycles. The first kappa shape index (κ1) is 21.5. The number of hydrogen-bond donors (Lipinski definition) is 1. The van der Waals surface area contributed by atoms with Crippen molar-refractivity contribution in [2.24, 2.45) is 11.8 Å². The van der Waals surface area contributed by atoms with Crippen LogP contribution in [-0.4, -0.2) is 31.7 Å². The molecule has 0 unspecified atom stereocenters. The van der Waals surface area contributed by atoms with E-state index in [9.17, 15) is 13.2 Å². The minimum absolute atomic E-state index is 0.234. The highest BCUT2D eigenvalue weighted by atomic mass is 32.2. The Bertz CT molecular complexity index is 980. The second-order valence-electron chi connectivity index (χ2n) is 8.52. The molecule has 0 saturated carbocycles. The molecule has 2 aromatic rings. The third-order valence-corrected chi connectivity index (χ3v) is 7.35. The second kappa shape index (κ2) is 8.28. The number of benzene rings is 2. The molecule has 1 heterocycles. The summed E-state index contributed by atoms with van der Waals surface area (Å²) in [6, 6.07) is 10.3. The van der Waals surface area contributed by atoms with E-state index in [1.54, 1.807) is 16.4 Å². The Hall–Kier alpha value is -2.18. The molecule has 1 amide bonds. The molecular weight excluding hydrogens is 384 g/mol. The highest BCUT2D eigenvalue weighted by Gasteiger charge is 2.31. The van der Waals surface area contributed by atoms with Crippen molar-refractivity contribution in [3.05, 3.63) is 58.7 Å². The summed E-state index contributed by atoms with van der Waals surface area (Å²) in [6.45, 7) is 11.2. The maximum Gasteiger partial charge on any atom is 0.255 e. The lowest BCUT2D eigenvalue weighted by Crippen LogP contribution is -2.42. The fourth-order valence-electron chi connectivity index (χ4n) is 4.29. The number of carbonyl (C=O) groups excluding carboxylic acids is 1. The summed E-state index contributed by atoms with van der Waals surface area (Å²) in [5.41, 5.74) is 4.39. The number of sulfonamides is 1. The zero-order valence-electron chi connectivity index (χ0n) is 17.8. The fourth-order valence-corrected chi connectivity index (χ4v) is 5.97. The Morgan fingerprint density at radius 1 is 0.966 bits per heavy atom. The third-order valence-electron chi connectivity index (χ3n) is 5.51. The molecule has 0 spiro atoms. The van der Waals surface area contributed by atoms with Crippen molar-refractivity contribution >= 4 is 21.6 Å². The number of amides is 1. The van der Waals surface area contributed by atoms with Gasteiger partial charge in [0, 0.05) is 24.3 Å². The van der Waals surface area contributed by atoms with E-state index < -0.39 is 10.0 Å². The van der Waals surface area contributed by atoms with Gasteiger partial charge < -0.3 is 5.32 Å². The molecule has 0 bridgehead atoms. The average molecular weight is 415 g/mol. The third kappa shape index (κ3) is 4.70. The number of hydrogen-bond acceptors (Lipinski definition) is 3. The van der Waals surface area contributed by atoms with Gasteiger partial charge in [-0.1, -0.05) is 31.5 Å². The first-order valence-electron chi connectivity index (χ1n) is 10.1. The molecular formula is C23H30N2O3S. The summed E-state index contributed by atoms with van der Waals surface area (Å²) < 4.78 is 27.6. The van der Waals surface area contributed by atoms with E-state index >= 15 is 0 Å². The lowest BCUT2D eigenvalue weighted by molar-refractivity contribution is 0.102. The number of anilines is 1. The minimum Gasteiger partial charge on any atom is -0.322 e. The van der Waals surface area contributed by atoms with E-state index in [0.717, 1.165) is 28.8 Å². The summed E-state index contributed by atoms with van der Waals surface area (Å²) in [7, 11) is -3.55. The van der Waals surface area contributed by atoms with E-state index in [1.165, 1.54) is 12.1 Å². The Kier molecular flexibility index (Phi) is 6.15. The van der Waals surface area contributed by atoms with Crippen molar-refractivity contribution in [1.82, 2.24) is 4.31 Å². The molecule has 156 valence electrons. The Morgan fingerprint density at radius 3 is 2.00 bits per heavy atom. The van der Waals surface area contributed by atoms with Crippen molar-refractivity contribution < 1.29 is 13.2 Å². The van der Waals surface area contributed by atoms with Crippen LogP contribution in [0.5, 0.6) is 0 Å². The number of piperidine rings is 1. The molecule has 1 saturated heterocycles. The fraction of sp³-hybridized carbons (Fsp3) is 0.435. The number of rotatable bonds is 4. The quantitative estimate of drug-likeness (QED) is 0.799. The van der Waals surface area contributed by atoms with Gasteiger partial charge in [0.1, 0.15) is 0 Å². The first-order valence-corrected chi connectivity index (χ1v) is 11.5. The van der Waals surface area contributed by atoms with Crippen molar-refractivity contribution in [3.8, 4) is 0 Å². The van der Waals surface area contributed by atoms with Gasteiger partial charge in [-0.05, 0) is 74.4 Å². The number of carbonyl (C=O) groups is 1. The van der Waals surface area contributed by atoms with Gasteiger partial charge in [0.2, 0.25) is 10.0 Å². The molecule has 1 aliphatic rings. The highest BCUT2D eigenvalue weighted by molar-refractivity contribution is 7.89. The molecule has 5 nitrogen and oxygen atoms in total. The maximum absolute atomic E-state index is 13.0. The van der Waals surface area contributed by atoms with Crippen LogP contribution in [0, 0.1) is 32.6 Å². The zero-order valence-corrected chi connectivity index (χ0v) is 18.6. The molecule has 6 heteroatoms. The van der Waals surface area contributed by atoms with Gasteiger partial charge in [-0.15, -0.1) is 0 Å². The summed E-state index contributed by atoms with van der Waals surface area (Å²) in [5, 5.41) is 2.96. The topological polar surface area (TPSA) is 66.5 Å². The van der Waals surface area contributed by atoms with E-state index in [0.29, 0.717) is 30.5 Å². The van der Waals surface area contributed by atoms with Crippen LogP contribution in [0.1, 0.15) is 47.3 Å². The van der Waals surface area contributed by atoms with Crippen LogP contribution in [0.2, 0.25) is 0 Å². The lowest BCUT2D eigenvalue weighted by Gasteiger charge is -2.34. The van der Waals surface area contributed by atoms with E-state index in [-0.39, 0.29) is 10.8 Å². The Labute approximate surface area is 174 Å². The van der Waals surface area contributed by atoms with Gasteiger partial charge in [0.15, 0.2) is 0 Å². The van der Waals surface area contributed by atoms with Gasteiger partial charge in [-0.25, -0.2) is 8.42 Å². The predicted molar refractivity (Wildman–Crippen MR) is 117 cm³/mol. The van der Waals surface area contributed by atoms with Gasteiger partial charge >= 0.3 is 0 Å². The normalized spacial score (nSPS) is 20.4. The molecule has 1 N–H and O–H groups in total. The van der Waals surface area contributed by atoms with E-state index in [1.807, 2.05) is 32.9 Å². The molecule has 0 aliphatic carbocycles.